The number of nitrogens with one attached hydrogen (secondary N) is 1. The molecule has 1 saturated heterocycles. The molecule has 0 spiro atoms. The Kier molecular flexibility index (Phi) is 5.37. The lowest BCUT2D eigenvalue weighted by atomic mass is 10.0. The second-order valence-corrected chi connectivity index (χ2v) is 8.34. The van der Waals surface area contributed by atoms with Crippen LogP contribution in [-0.2, 0) is 7.05 Å². The van der Waals surface area contributed by atoms with Crippen molar-refractivity contribution in [3.05, 3.63) is 108 Å². The maximum atomic E-state index is 6.01. The highest BCUT2D eigenvalue weighted by molar-refractivity contribution is 7.80. The summed E-state index contributed by atoms with van der Waals surface area (Å²) in [6.07, 6.45) is 3.88. The Labute approximate surface area is 193 Å². The molecule has 2 atom stereocenters. The number of aryl methyl sites for hydroxylation is 2. The molecule has 5 rings (SSSR count). The molecule has 6 heteroatoms. The molecule has 1 N–H and O–H groups in total. The van der Waals surface area contributed by atoms with Crippen LogP contribution >= 0.6 is 12.2 Å². The van der Waals surface area contributed by atoms with E-state index in [1.165, 1.54) is 5.56 Å². The monoisotopic (exact) mass is 440 g/mol. The molecule has 160 valence electrons. The number of ether oxygens (including phenoxy) is 1. The van der Waals surface area contributed by atoms with E-state index in [0.29, 0.717) is 5.11 Å². The Morgan fingerprint density at radius 3 is 2.25 bits per heavy atom. The van der Waals surface area contributed by atoms with Crippen LogP contribution in [0.3, 0.4) is 0 Å². The summed E-state index contributed by atoms with van der Waals surface area (Å²) in [6.45, 7) is 2.06. The minimum absolute atomic E-state index is 0.0266. The lowest BCUT2D eigenvalue weighted by Gasteiger charge is -2.28. The van der Waals surface area contributed by atoms with Crippen molar-refractivity contribution in [3.8, 4) is 11.5 Å². The number of anilines is 1. The van der Waals surface area contributed by atoms with Crippen LogP contribution in [0.1, 0.15) is 29.0 Å². The van der Waals surface area contributed by atoms with E-state index in [1.54, 1.807) is 0 Å². The summed E-state index contributed by atoms with van der Waals surface area (Å²) in [5.41, 5.74) is 4.33. The molecule has 1 fully saturated rings. The van der Waals surface area contributed by atoms with Crippen LogP contribution < -0.4 is 15.0 Å². The van der Waals surface area contributed by atoms with Gasteiger partial charge in [0.2, 0.25) is 0 Å². The van der Waals surface area contributed by atoms with Crippen molar-refractivity contribution in [2.24, 2.45) is 7.05 Å². The second-order valence-electron chi connectivity index (χ2n) is 7.95. The number of pyridine rings is 1. The Morgan fingerprint density at radius 2 is 1.62 bits per heavy atom. The van der Waals surface area contributed by atoms with Gasteiger partial charge in [0.05, 0.1) is 11.7 Å². The first-order valence-corrected chi connectivity index (χ1v) is 11.0. The predicted molar refractivity (Wildman–Crippen MR) is 131 cm³/mol. The molecule has 4 aromatic rings. The van der Waals surface area contributed by atoms with E-state index in [1.807, 2.05) is 72.9 Å². The topological polar surface area (TPSA) is 42.3 Å². The molecule has 5 nitrogen and oxygen atoms in total. The number of hydrogen-bond acceptors (Lipinski definition) is 3. The fourth-order valence-electron chi connectivity index (χ4n) is 4.13. The van der Waals surface area contributed by atoms with Gasteiger partial charge in [-0.15, -0.1) is 0 Å². The van der Waals surface area contributed by atoms with E-state index in [2.05, 4.69) is 52.1 Å². The summed E-state index contributed by atoms with van der Waals surface area (Å²) in [7, 11) is 2.06. The Balaban J connectivity index is 1.47. The summed E-state index contributed by atoms with van der Waals surface area (Å²) >= 11 is 5.79. The summed E-state index contributed by atoms with van der Waals surface area (Å²) < 4.78 is 8.14. The molecule has 0 radical (unpaired) electrons. The van der Waals surface area contributed by atoms with E-state index in [4.69, 9.17) is 17.0 Å². The lowest BCUT2D eigenvalue weighted by Crippen LogP contribution is -2.30. The second kappa shape index (κ2) is 8.48. The molecule has 32 heavy (non-hydrogen) atoms. The molecule has 2 aromatic heterocycles. The lowest BCUT2D eigenvalue weighted by molar-refractivity contribution is 0.482. The van der Waals surface area contributed by atoms with Gasteiger partial charge in [0.25, 0.3) is 0 Å². The average Bonchev–Trinajstić information content (AvgIpc) is 3.39. The van der Waals surface area contributed by atoms with E-state index in [0.717, 1.165) is 28.6 Å². The van der Waals surface area contributed by atoms with Gasteiger partial charge in [0.15, 0.2) is 5.11 Å². The Bertz CT molecular complexity index is 1220. The van der Waals surface area contributed by atoms with Gasteiger partial charge in [-0.25, -0.2) is 0 Å². The molecule has 0 bridgehead atoms. The van der Waals surface area contributed by atoms with E-state index in [9.17, 15) is 0 Å². The fourth-order valence-corrected chi connectivity index (χ4v) is 4.48. The first-order chi connectivity index (χ1) is 15.6. The van der Waals surface area contributed by atoms with Crippen LogP contribution in [0.2, 0.25) is 0 Å². The third-order valence-electron chi connectivity index (χ3n) is 5.76. The van der Waals surface area contributed by atoms with Gasteiger partial charge >= 0.3 is 0 Å². The van der Waals surface area contributed by atoms with Crippen LogP contribution in [0.25, 0.3) is 0 Å². The first kappa shape index (κ1) is 20.3. The highest BCUT2D eigenvalue weighted by atomic mass is 32.1. The SMILES string of the molecule is Cc1ccc(Oc2ccc(N3C(=S)N[C@@H](c4ccccn4)[C@H]3c3cccn3C)cc2)cc1. The molecule has 1 aliphatic rings. The Morgan fingerprint density at radius 1 is 0.906 bits per heavy atom. The standard InChI is InChI=1S/C26H24N4OS/c1-18-8-12-20(13-9-18)31-21-14-10-19(11-15-21)30-25(23-7-5-17-29(23)2)24(28-26(30)32)22-6-3-4-16-27-22/h3-17,24-25H,1-2H3,(H,28,32)/t24-,25+/m0/s1. The quantitative estimate of drug-likeness (QED) is 0.403. The van der Waals surface area contributed by atoms with Crippen LogP contribution in [0.15, 0.2) is 91.3 Å². The minimum Gasteiger partial charge on any atom is -0.457 e. The highest BCUT2D eigenvalue weighted by Crippen LogP contribution is 2.41. The van der Waals surface area contributed by atoms with Crippen LogP contribution in [-0.4, -0.2) is 14.7 Å². The molecule has 2 aromatic carbocycles. The number of thiocarbonyl (C=S) groups is 1. The van der Waals surface area contributed by atoms with Crippen molar-refractivity contribution in [3.63, 3.8) is 0 Å². The van der Waals surface area contributed by atoms with E-state index < -0.39 is 0 Å². The smallest absolute Gasteiger partial charge is 0.174 e. The summed E-state index contributed by atoms with van der Waals surface area (Å²) in [6, 6.07) is 26.2. The summed E-state index contributed by atoms with van der Waals surface area (Å²) in [5.74, 6) is 1.60. The van der Waals surface area contributed by atoms with Crippen molar-refractivity contribution in [1.29, 1.82) is 0 Å². The third-order valence-corrected chi connectivity index (χ3v) is 6.07. The molecular formula is C26H24N4OS. The van der Waals surface area contributed by atoms with Crippen LogP contribution in [0.4, 0.5) is 5.69 Å². The van der Waals surface area contributed by atoms with Gasteiger partial charge in [-0.3, -0.25) is 4.98 Å². The maximum absolute atomic E-state index is 6.01. The van der Waals surface area contributed by atoms with Gasteiger partial charge in [-0.2, -0.15) is 0 Å². The van der Waals surface area contributed by atoms with Gasteiger partial charge < -0.3 is 19.5 Å². The van der Waals surface area contributed by atoms with Crippen molar-refractivity contribution < 1.29 is 4.74 Å². The molecule has 3 heterocycles. The minimum atomic E-state index is -0.0548. The number of aromatic nitrogens is 2. The average molecular weight is 441 g/mol. The van der Waals surface area contributed by atoms with Crippen LogP contribution in [0, 0.1) is 6.92 Å². The third kappa shape index (κ3) is 3.85. The molecule has 0 unspecified atom stereocenters. The number of nitrogens with zero attached hydrogens (tertiary/aromatic N) is 3. The molecule has 0 saturated carbocycles. The number of benzene rings is 2. The summed E-state index contributed by atoms with van der Waals surface area (Å²) in [5, 5.41) is 4.17. The molecule has 0 amide bonds. The summed E-state index contributed by atoms with van der Waals surface area (Å²) in [4.78, 5) is 6.77. The predicted octanol–water partition coefficient (Wildman–Crippen LogP) is 5.70. The number of hydrogen-bond donors (Lipinski definition) is 1. The van der Waals surface area contributed by atoms with Crippen molar-refractivity contribution in [2.45, 2.75) is 19.0 Å². The van der Waals surface area contributed by atoms with Gasteiger partial charge in [0, 0.05) is 30.8 Å². The zero-order valence-corrected chi connectivity index (χ0v) is 18.8. The van der Waals surface area contributed by atoms with Gasteiger partial charge in [-0.05, 0) is 79.8 Å². The largest absolute Gasteiger partial charge is 0.457 e. The normalized spacial score (nSPS) is 17.9. The van der Waals surface area contributed by atoms with Gasteiger partial charge in [0.1, 0.15) is 17.5 Å². The molecular weight excluding hydrogens is 416 g/mol. The number of rotatable bonds is 5. The van der Waals surface area contributed by atoms with E-state index in [-0.39, 0.29) is 12.1 Å². The van der Waals surface area contributed by atoms with Gasteiger partial charge in [-0.1, -0.05) is 23.8 Å². The van der Waals surface area contributed by atoms with Crippen LogP contribution in [0.5, 0.6) is 11.5 Å². The zero-order valence-electron chi connectivity index (χ0n) is 18.0. The molecule has 1 aliphatic heterocycles. The molecule has 0 aliphatic carbocycles. The highest BCUT2D eigenvalue weighted by Gasteiger charge is 2.41. The maximum Gasteiger partial charge on any atom is 0.174 e. The van der Waals surface area contributed by atoms with Crippen molar-refractivity contribution >= 4 is 23.0 Å². The zero-order chi connectivity index (χ0) is 22.1. The fraction of sp³-hybridized carbons (Fsp3) is 0.154. The van der Waals surface area contributed by atoms with Crippen molar-refractivity contribution in [2.75, 3.05) is 4.90 Å². The van der Waals surface area contributed by atoms with E-state index >= 15 is 0 Å². The first-order valence-electron chi connectivity index (χ1n) is 10.6. The Hall–Kier alpha value is -3.64. The van der Waals surface area contributed by atoms with Crippen molar-refractivity contribution in [1.82, 2.24) is 14.9 Å².